The van der Waals surface area contributed by atoms with Gasteiger partial charge in [0.1, 0.15) is 5.82 Å². The van der Waals surface area contributed by atoms with Crippen LogP contribution in [-0.2, 0) is 11.2 Å². The standard InChI is InChI=1S/C26H27FN2O2/c1-5-26(31)29(4)24-12-10-21(15-23(24)27)20-9-11-22(17(2)14-20)25(30)13-8-19-7-6-18(3)28-16-19/h6-7,9-12,14-16H,5,8,13H2,1-4H3. The molecule has 1 heterocycles. The van der Waals surface area contributed by atoms with E-state index in [2.05, 4.69) is 4.98 Å². The van der Waals surface area contributed by atoms with E-state index >= 15 is 0 Å². The molecule has 1 amide bonds. The molecule has 0 atom stereocenters. The molecule has 0 saturated heterocycles. The fourth-order valence-corrected chi connectivity index (χ4v) is 3.52. The first kappa shape index (κ1) is 22.3. The highest BCUT2D eigenvalue weighted by Crippen LogP contribution is 2.28. The number of aryl methyl sites for hydroxylation is 3. The van der Waals surface area contributed by atoms with E-state index < -0.39 is 5.82 Å². The maximum Gasteiger partial charge on any atom is 0.226 e. The maximum atomic E-state index is 14.6. The van der Waals surface area contributed by atoms with Crippen LogP contribution in [0.15, 0.2) is 54.7 Å². The van der Waals surface area contributed by atoms with Crippen LogP contribution in [0.1, 0.15) is 46.9 Å². The Hall–Kier alpha value is -3.34. The number of benzene rings is 2. The highest BCUT2D eigenvalue weighted by Gasteiger charge is 2.15. The summed E-state index contributed by atoms with van der Waals surface area (Å²) in [5.41, 5.74) is 5.30. The van der Waals surface area contributed by atoms with Gasteiger partial charge in [-0.25, -0.2) is 4.39 Å². The van der Waals surface area contributed by atoms with Gasteiger partial charge in [-0.3, -0.25) is 14.6 Å². The number of hydrogen-bond acceptors (Lipinski definition) is 3. The minimum absolute atomic E-state index is 0.0749. The van der Waals surface area contributed by atoms with E-state index in [9.17, 15) is 14.0 Å². The molecule has 0 aliphatic rings. The van der Waals surface area contributed by atoms with Crippen molar-refractivity contribution in [2.45, 2.75) is 40.0 Å². The second-order valence-corrected chi connectivity index (χ2v) is 7.73. The van der Waals surface area contributed by atoms with Gasteiger partial charge in [0.2, 0.25) is 5.91 Å². The highest BCUT2D eigenvalue weighted by molar-refractivity contribution is 5.98. The Morgan fingerprint density at radius 1 is 1.00 bits per heavy atom. The van der Waals surface area contributed by atoms with Crippen LogP contribution in [0.5, 0.6) is 0 Å². The largest absolute Gasteiger partial charge is 0.313 e. The Morgan fingerprint density at radius 2 is 1.71 bits per heavy atom. The van der Waals surface area contributed by atoms with E-state index in [1.54, 1.807) is 32.2 Å². The lowest BCUT2D eigenvalue weighted by Gasteiger charge is -2.18. The number of pyridine rings is 1. The molecule has 0 radical (unpaired) electrons. The van der Waals surface area contributed by atoms with E-state index in [-0.39, 0.29) is 17.4 Å². The normalized spacial score (nSPS) is 10.7. The quantitative estimate of drug-likeness (QED) is 0.463. The number of hydrogen-bond donors (Lipinski definition) is 0. The fraction of sp³-hybridized carbons (Fsp3) is 0.269. The van der Waals surface area contributed by atoms with Crippen LogP contribution in [0, 0.1) is 19.7 Å². The lowest BCUT2D eigenvalue weighted by atomic mass is 9.95. The first-order valence-electron chi connectivity index (χ1n) is 10.4. The number of ketones is 1. The van der Waals surface area contributed by atoms with Crippen molar-refractivity contribution >= 4 is 17.4 Å². The number of rotatable bonds is 7. The summed E-state index contributed by atoms with van der Waals surface area (Å²) in [6.07, 6.45) is 3.17. The van der Waals surface area contributed by atoms with Crippen molar-refractivity contribution in [2.24, 2.45) is 0 Å². The fourth-order valence-electron chi connectivity index (χ4n) is 3.52. The Labute approximate surface area is 182 Å². The maximum absolute atomic E-state index is 14.6. The van der Waals surface area contributed by atoms with Crippen molar-refractivity contribution in [2.75, 3.05) is 11.9 Å². The van der Waals surface area contributed by atoms with Gasteiger partial charge in [-0.2, -0.15) is 0 Å². The van der Waals surface area contributed by atoms with E-state index in [1.165, 1.54) is 11.0 Å². The van der Waals surface area contributed by atoms with Crippen LogP contribution in [0.4, 0.5) is 10.1 Å². The molecular weight excluding hydrogens is 391 g/mol. The third-order valence-corrected chi connectivity index (χ3v) is 5.46. The smallest absolute Gasteiger partial charge is 0.226 e. The third-order valence-electron chi connectivity index (χ3n) is 5.46. The lowest BCUT2D eigenvalue weighted by Crippen LogP contribution is -2.25. The van der Waals surface area contributed by atoms with Crippen molar-refractivity contribution in [3.63, 3.8) is 0 Å². The topological polar surface area (TPSA) is 50.3 Å². The van der Waals surface area contributed by atoms with Gasteiger partial charge in [0.15, 0.2) is 5.78 Å². The number of carbonyl (C=O) groups excluding carboxylic acids is 2. The van der Waals surface area contributed by atoms with Gasteiger partial charge in [-0.1, -0.05) is 37.3 Å². The summed E-state index contributed by atoms with van der Waals surface area (Å²) < 4.78 is 14.6. The number of nitrogens with zero attached hydrogens (tertiary/aromatic N) is 2. The number of halogens is 1. The molecule has 4 nitrogen and oxygen atoms in total. The molecule has 3 aromatic rings. The second-order valence-electron chi connectivity index (χ2n) is 7.73. The van der Waals surface area contributed by atoms with Gasteiger partial charge in [-0.05, 0) is 60.7 Å². The summed E-state index contributed by atoms with van der Waals surface area (Å²) in [7, 11) is 1.57. The Kier molecular flexibility index (Phi) is 6.95. The molecule has 0 unspecified atom stereocenters. The summed E-state index contributed by atoms with van der Waals surface area (Å²) in [4.78, 5) is 30.1. The van der Waals surface area contributed by atoms with Gasteiger partial charge < -0.3 is 4.90 Å². The number of amides is 1. The zero-order chi connectivity index (χ0) is 22.5. The lowest BCUT2D eigenvalue weighted by molar-refractivity contribution is -0.118. The molecule has 0 bridgehead atoms. The predicted octanol–water partition coefficient (Wildman–Crippen LogP) is 5.69. The molecule has 160 valence electrons. The molecule has 1 aromatic heterocycles. The van der Waals surface area contributed by atoms with Crippen LogP contribution in [0.3, 0.4) is 0 Å². The highest BCUT2D eigenvalue weighted by atomic mass is 19.1. The van der Waals surface area contributed by atoms with Crippen LogP contribution in [-0.4, -0.2) is 23.7 Å². The molecule has 2 aromatic carbocycles. The van der Waals surface area contributed by atoms with E-state index in [1.807, 2.05) is 44.3 Å². The summed E-state index contributed by atoms with van der Waals surface area (Å²) in [5, 5.41) is 0. The number of aromatic nitrogens is 1. The molecular formula is C26H27FN2O2. The number of Topliss-reactive ketones (excluding diaryl/α,β-unsaturated/α-hetero) is 1. The van der Waals surface area contributed by atoms with E-state index in [4.69, 9.17) is 0 Å². The zero-order valence-corrected chi connectivity index (χ0v) is 18.4. The van der Waals surface area contributed by atoms with Crippen molar-refractivity contribution in [1.29, 1.82) is 0 Å². The van der Waals surface area contributed by atoms with Gasteiger partial charge in [0, 0.05) is 37.3 Å². The second kappa shape index (κ2) is 9.65. The molecule has 0 saturated carbocycles. The Balaban J connectivity index is 1.75. The Bertz CT molecular complexity index is 1110. The summed E-state index contributed by atoms with van der Waals surface area (Å²) in [6.45, 7) is 5.57. The van der Waals surface area contributed by atoms with Gasteiger partial charge in [0.05, 0.1) is 5.69 Å². The average molecular weight is 419 g/mol. The van der Waals surface area contributed by atoms with Crippen LogP contribution in [0.25, 0.3) is 11.1 Å². The SMILES string of the molecule is CCC(=O)N(C)c1ccc(-c2ccc(C(=O)CCc3ccc(C)nc3)c(C)c2)cc1F. The molecule has 31 heavy (non-hydrogen) atoms. The Morgan fingerprint density at radius 3 is 2.32 bits per heavy atom. The molecule has 0 aliphatic carbocycles. The molecule has 5 heteroatoms. The van der Waals surface area contributed by atoms with Crippen molar-refractivity contribution in [3.8, 4) is 11.1 Å². The summed E-state index contributed by atoms with van der Waals surface area (Å²) in [6, 6.07) is 14.3. The van der Waals surface area contributed by atoms with Crippen LogP contribution in [0.2, 0.25) is 0 Å². The number of carbonyl (C=O) groups is 2. The van der Waals surface area contributed by atoms with E-state index in [0.717, 1.165) is 22.4 Å². The van der Waals surface area contributed by atoms with Crippen LogP contribution >= 0.6 is 0 Å². The molecule has 3 rings (SSSR count). The first-order chi connectivity index (χ1) is 14.8. The zero-order valence-electron chi connectivity index (χ0n) is 18.4. The molecule has 0 fully saturated rings. The first-order valence-corrected chi connectivity index (χ1v) is 10.4. The van der Waals surface area contributed by atoms with E-state index in [0.29, 0.717) is 30.4 Å². The van der Waals surface area contributed by atoms with Crippen molar-refractivity contribution < 1.29 is 14.0 Å². The van der Waals surface area contributed by atoms with Gasteiger partial charge in [-0.15, -0.1) is 0 Å². The summed E-state index contributed by atoms with van der Waals surface area (Å²) >= 11 is 0. The molecule has 0 N–H and O–H groups in total. The van der Waals surface area contributed by atoms with Crippen molar-refractivity contribution in [3.05, 3.63) is 82.9 Å². The van der Waals surface area contributed by atoms with Gasteiger partial charge >= 0.3 is 0 Å². The minimum Gasteiger partial charge on any atom is -0.313 e. The third kappa shape index (κ3) is 5.23. The van der Waals surface area contributed by atoms with Crippen molar-refractivity contribution in [1.82, 2.24) is 4.98 Å². The minimum atomic E-state index is -0.452. The van der Waals surface area contributed by atoms with Gasteiger partial charge in [0.25, 0.3) is 0 Å². The monoisotopic (exact) mass is 418 g/mol. The number of anilines is 1. The summed E-state index contributed by atoms with van der Waals surface area (Å²) in [5.74, 6) is -0.524. The molecule has 0 aliphatic heterocycles. The predicted molar refractivity (Wildman–Crippen MR) is 122 cm³/mol. The van der Waals surface area contributed by atoms with Crippen LogP contribution < -0.4 is 4.90 Å². The molecule has 0 spiro atoms. The average Bonchev–Trinajstić information content (AvgIpc) is 2.77.